The van der Waals surface area contributed by atoms with Gasteiger partial charge in [0.1, 0.15) is 0 Å². The molecule has 0 atom stereocenters. The van der Waals surface area contributed by atoms with Gasteiger partial charge in [-0.25, -0.2) is 0 Å². The Bertz CT molecular complexity index is 921. The smallest absolute Gasteiger partial charge is 0.00819 e. The highest BCUT2D eigenvalue weighted by Crippen LogP contribution is 2.30. The van der Waals surface area contributed by atoms with Gasteiger partial charge in [-0.3, -0.25) is 0 Å². The molecule has 0 aliphatic heterocycles. The van der Waals surface area contributed by atoms with Crippen molar-refractivity contribution in [2.45, 2.75) is 19.3 Å². The molecule has 0 saturated carbocycles. The Morgan fingerprint density at radius 2 is 1.68 bits per heavy atom. The van der Waals surface area contributed by atoms with E-state index < -0.39 is 0 Å². The Kier molecular flexibility index (Phi) is 1.69. The number of benzene rings is 2. The van der Waals surface area contributed by atoms with Gasteiger partial charge in [-0.2, -0.15) is 0 Å². The van der Waals surface area contributed by atoms with Crippen LogP contribution in [-0.2, 0) is 12.8 Å². The topological polar surface area (TPSA) is 0 Å². The zero-order chi connectivity index (χ0) is 12.4. The third-order valence-electron chi connectivity index (χ3n) is 4.69. The second-order valence-corrected chi connectivity index (χ2v) is 5.67. The Balaban J connectivity index is 2.09. The van der Waals surface area contributed by atoms with E-state index in [1.165, 1.54) is 43.5 Å². The molecule has 3 aliphatic carbocycles. The summed E-state index contributed by atoms with van der Waals surface area (Å²) >= 11 is 0. The molecule has 3 aliphatic rings. The lowest BCUT2D eigenvalue weighted by atomic mass is 9.94. The molecule has 0 amide bonds. The maximum absolute atomic E-state index is 2.42. The van der Waals surface area contributed by atoms with Gasteiger partial charge >= 0.3 is 0 Å². The monoisotopic (exact) mass is 242 g/mol. The van der Waals surface area contributed by atoms with Crippen LogP contribution in [-0.4, -0.2) is 0 Å². The molecule has 0 nitrogen and oxygen atoms in total. The number of fused-ring (bicyclic) bond motifs is 7. The predicted octanol–water partition coefficient (Wildman–Crippen LogP) is 2.94. The summed E-state index contributed by atoms with van der Waals surface area (Å²) in [4.78, 5) is 0. The van der Waals surface area contributed by atoms with E-state index in [9.17, 15) is 0 Å². The third-order valence-corrected chi connectivity index (χ3v) is 4.69. The molecule has 0 fully saturated rings. The van der Waals surface area contributed by atoms with Crippen molar-refractivity contribution in [3.8, 4) is 0 Å². The van der Waals surface area contributed by atoms with Crippen LogP contribution in [0.4, 0.5) is 0 Å². The average Bonchev–Trinajstić information content (AvgIpc) is 3.15. The second kappa shape index (κ2) is 3.27. The molecule has 2 aromatic carbocycles. The van der Waals surface area contributed by atoms with Crippen LogP contribution in [0.25, 0.3) is 35.1 Å². The minimum absolute atomic E-state index is 1.09. The van der Waals surface area contributed by atoms with E-state index in [2.05, 4.69) is 48.6 Å². The van der Waals surface area contributed by atoms with Crippen LogP contribution in [0.3, 0.4) is 0 Å². The fourth-order valence-corrected chi connectivity index (χ4v) is 3.82. The molecule has 0 N–H and O–H groups in total. The van der Waals surface area contributed by atoms with Gasteiger partial charge in [-0.1, -0.05) is 36.5 Å². The summed E-state index contributed by atoms with van der Waals surface area (Å²) in [5, 5.41) is 5.88. The van der Waals surface area contributed by atoms with Gasteiger partial charge in [-0.15, -0.1) is 0 Å². The Morgan fingerprint density at radius 3 is 2.68 bits per heavy atom. The fourth-order valence-electron chi connectivity index (χ4n) is 3.82. The SMILES string of the molecule is C1=Cc2cc3c4c(c5c(c3cc2C1)=CCC=5)CC=C4. The van der Waals surface area contributed by atoms with Gasteiger partial charge in [0.2, 0.25) is 0 Å². The van der Waals surface area contributed by atoms with Crippen molar-refractivity contribution in [2.75, 3.05) is 0 Å². The van der Waals surface area contributed by atoms with Gasteiger partial charge < -0.3 is 0 Å². The van der Waals surface area contributed by atoms with E-state index in [4.69, 9.17) is 0 Å². The molecular weight excluding hydrogens is 228 g/mol. The molecule has 19 heavy (non-hydrogen) atoms. The van der Waals surface area contributed by atoms with E-state index in [1.54, 1.807) is 0 Å². The van der Waals surface area contributed by atoms with Crippen LogP contribution in [0.15, 0.2) is 24.3 Å². The summed E-state index contributed by atoms with van der Waals surface area (Å²) in [6.45, 7) is 0. The molecule has 0 aromatic heterocycles. The molecule has 0 saturated heterocycles. The normalized spacial score (nSPS) is 17.3. The van der Waals surface area contributed by atoms with Crippen LogP contribution in [0, 0.1) is 0 Å². The highest BCUT2D eigenvalue weighted by atomic mass is 14.2. The molecule has 2 aromatic rings. The predicted molar refractivity (Wildman–Crippen MR) is 82.2 cm³/mol. The minimum Gasteiger partial charge on any atom is -0.0795 e. The highest BCUT2D eigenvalue weighted by Gasteiger charge is 2.17. The van der Waals surface area contributed by atoms with Crippen LogP contribution >= 0.6 is 0 Å². The quantitative estimate of drug-likeness (QED) is 0.666. The lowest BCUT2D eigenvalue weighted by molar-refractivity contribution is 1.27. The summed E-state index contributed by atoms with van der Waals surface area (Å²) in [6.07, 6.45) is 17.2. The van der Waals surface area contributed by atoms with Crippen molar-refractivity contribution in [1.82, 2.24) is 0 Å². The molecule has 0 heterocycles. The lowest BCUT2D eigenvalue weighted by Gasteiger charge is -2.10. The van der Waals surface area contributed by atoms with Crippen LogP contribution in [0.5, 0.6) is 0 Å². The first-order valence-corrected chi connectivity index (χ1v) is 7.07. The lowest BCUT2D eigenvalue weighted by Crippen LogP contribution is -2.27. The summed E-state index contributed by atoms with van der Waals surface area (Å²) in [5.74, 6) is 0. The minimum atomic E-state index is 1.09. The summed E-state index contributed by atoms with van der Waals surface area (Å²) < 4.78 is 0. The van der Waals surface area contributed by atoms with Crippen molar-refractivity contribution < 1.29 is 0 Å². The van der Waals surface area contributed by atoms with E-state index in [0.717, 1.165) is 19.3 Å². The zero-order valence-electron chi connectivity index (χ0n) is 10.7. The Hall–Kier alpha value is -2.08. The number of allylic oxidation sites excluding steroid dienone is 2. The molecule has 0 unspecified atom stereocenters. The standard InChI is InChI=1S/C19H14/c1-4-12-10-18-16-8-2-6-14(16)15-7-3-9-17(15)19(18)11-13(12)5-1/h1-2,4,7-11H,3,5-6H2. The van der Waals surface area contributed by atoms with Gasteiger partial charge in [0.25, 0.3) is 0 Å². The van der Waals surface area contributed by atoms with Crippen LogP contribution < -0.4 is 10.4 Å². The van der Waals surface area contributed by atoms with E-state index in [-0.39, 0.29) is 0 Å². The number of hydrogen-bond acceptors (Lipinski definition) is 0. The van der Waals surface area contributed by atoms with Crippen molar-refractivity contribution >= 4 is 35.1 Å². The summed E-state index contributed by atoms with van der Waals surface area (Å²) in [5.41, 5.74) is 5.90. The second-order valence-electron chi connectivity index (χ2n) is 5.67. The largest absolute Gasteiger partial charge is 0.0795 e. The molecule has 0 spiro atoms. The van der Waals surface area contributed by atoms with Crippen molar-refractivity contribution in [2.24, 2.45) is 0 Å². The number of hydrogen-bond donors (Lipinski definition) is 0. The molecule has 0 radical (unpaired) electrons. The zero-order valence-corrected chi connectivity index (χ0v) is 10.7. The Labute approximate surface area is 112 Å². The van der Waals surface area contributed by atoms with E-state index in [1.807, 2.05) is 0 Å². The molecule has 0 heteroatoms. The number of rotatable bonds is 0. The van der Waals surface area contributed by atoms with Gasteiger partial charge in [0.15, 0.2) is 0 Å². The molecule has 90 valence electrons. The third kappa shape index (κ3) is 1.14. The first-order valence-electron chi connectivity index (χ1n) is 7.07. The van der Waals surface area contributed by atoms with Crippen LogP contribution in [0.2, 0.25) is 0 Å². The van der Waals surface area contributed by atoms with Crippen molar-refractivity contribution in [1.29, 1.82) is 0 Å². The molecule has 0 bridgehead atoms. The van der Waals surface area contributed by atoms with Crippen molar-refractivity contribution in [3.63, 3.8) is 0 Å². The molecule has 5 rings (SSSR count). The molecular formula is C19H14. The van der Waals surface area contributed by atoms with Crippen LogP contribution in [0.1, 0.15) is 28.7 Å². The summed E-state index contributed by atoms with van der Waals surface area (Å²) in [6, 6.07) is 4.82. The Morgan fingerprint density at radius 1 is 0.789 bits per heavy atom. The fraction of sp³-hybridized carbons (Fsp3) is 0.158. The summed E-state index contributed by atoms with van der Waals surface area (Å²) in [7, 11) is 0. The van der Waals surface area contributed by atoms with Gasteiger partial charge in [-0.05, 0) is 74.9 Å². The first kappa shape index (κ1) is 9.80. The maximum atomic E-state index is 2.42. The van der Waals surface area contributed by atoms with Gasteiger partial charge in [0.05, 0.1) is 0 Å². The highest BCUT2D eigenvalue weighted by molar-refractivity contribution is 5.97. The first-order chi connectivity index (χ1) is 9.42. The van der Waals surface area contributed by atoms with Gasteiger partial charge in [0, 0.05) is 0 Å². The van der Waals surface area contributed by atoms with E-state index in [0.29, 0.717) is 0 Å². The average molecular weight is 242 g/mol. The maximum Gasteiger partial charge on any atom is -0.00819 e. The van der Waals surface area contributed by atoms with E-state index >= 15 is 0 Å². The van der Waals surface area contributed by atoms with Crippen molar-refractivity contribution in [3.05, 3.63) is 57.0 Å².